The van der Waals surface area contributed by atoms with E-state index in [0.717, 1.165) is 55.3 Å². The zero-order valence-electron chi connectivity index (χ0n) is 17.0. The van der Waals surface area contributed by atoms with Crippen LogP contribution in [0.4, 0.5) is 16.0 Å². The van der Waals surface area contributed by atoms with Crippen molar-refractivity contribution in [3.63, 3.8) is 0 Å². The van der Waals surface area contributed by atoms with Gasteiger partial charge in [-0.3, -0.25) is 0 Å². The normalized spacial score (nSPS) is 24.9. The molecule has 0 saturated carbocycles. The minimum absolute atomic E-state index is 0.149. The van der Waals surface area contributed by atoms with Crippen molar-refractivity contribution >= 4 is 11.6 Å². The Labute approximate surface area is 174 Å². The van der Waals surface area contributed by atoms with Gasteiger partial charge in [0, 0.05) is 50.4 Å². The number of fused-ring (bicyclic) bond motifs is 2. The molecule has 2 N–H and O–H groups in total. The maximum Gasteiger partial charge on any atom is 0.236 e. The standard InChI is InChI=1S/C21H26FN5O3/c1-12(22)30-18-6-14(9-24-20(18)23)17-8-19(27-10-16-7-15(27)11-29-16)26-21(25-17)13-2-4-28-5-3-13/h6,8-9,12-13,15-16H,2-5,7,10-11H2,1H3,(H2,23,24)/t12?,15-,16-/m0/s1. The fourth-order valence-electron chi connectivity index (χ4n) is 4.43. The van der Waals surface area contributed by atoms with Gasteiger partial charge in [0.25, 0.3) is 0 Å². The van der Waals surface area contributed by atoms with Crippen molar-refractivity contribution < 1.29 is 18.6 Å². The van der Waals surface area contributed by atoms with Crippen LogP contribution in [0.15, 0.2) is 18.3 Å². The summed E-state index contributed by atoms with van der Waals surface area (Å²) in [5, 5.41) is 0. The molecular weight excluding hydrogens is 389 g/mol. The second-order valence-electron chi connectivity index (χ2n) is 8.12. The molecule has 8 nitrogen and oxygen atoms in total. The molecule has 3 aliphatic heterocycles. The van der Waals surface area contributed by atoms with Crippen LogP contribution in [-0.2, 0) is 9.47 Å². The largest absolute Gasteiger partial charge is 0.457 e. The van der Waals surface area contributed by atoms with Crippen molar-refractivity contribution in [3.8, 4) is 17.0 Å². The minimum atomic E-state index is -1.48. The second-order valence-corrected chi connectivity index (χ2v) is 8.12. The van der Waals surface area contributed by atoms with Gasteiger partial charge in [-0.05, 0) is 25.3 Å². The number of pyridine rings is 1. The van der Waals surface area contributed by atoms with E-state index < -0.39 is 6.36 Å². The molecule has 2 aromatic heterocycles. The van der Waals surface area contributed by atoms with Crippen LogP contribution in [0.2, 0.25) is 0 Å². The molecule has 3 saturated heterocycles. The first-order chi connectivity index (χ1) is 14.6. The van der Waals surface area contributed by atoms with Crippen molar-refractivity contribution in [1.29, 1.82) is 0 Å². The molecule has 0 radical (unpaired) electrons. The lowest BCUT2D eigenvalue weighted by Gasteiger charge is -2.29. The summed E-state index contributed by atoms with van der Waals surface area (Å²) in [5.41, 5.74) is 7.31. The molecule has 160 valence electrons. The molecule has 0 aromatic carbocycles. The van der Waals surface area contributed by atoms with Gasteiger partial charge in [0.2, 0.25) is 6.36 Å². The Morgan fingerprint density at radius 3 is 2.80 bits per heavy atom. The summed E-state index contributed by atoms with van der Waals surface area (Å²) in [7, 11) is 0. The number of hydrogen-bond acceptors (Lipinski definition) is 8. The fourth-order valence-corrected chi connectivity index (χ4v) is 4.43. The predicted molar refractivity (Wildman–Crippen MR) is 109 cm³/mol. The van der Waals surface area contributed by atoms with Gasteiger partial charge in [-0.1, -0.05) is 0 Å². The number of nitrogen functional groups attached to an aromatic ring is 1. The first-order valence-electron chi connectivity index (χ1n) is 10.5. The van der Waals surface area contributed by atoms with E-state index in [1.165, 1.54) is 6.92 Å². The van der Waals surface area contributed by atoms with Crippen molar-refractivity contribution in [1.82, 2.24) is 15.0 Å². The molecule has 3 aliphatic rings. The molecule has 0 spiro atoms. The highest BCUT2D eigenvalue weighted by Gasteiger charge is 2.40. The number of alkyl halides is 1. The van der Waals surface area contributed by atoms with Crippen molar-refractivity contribution in [2.45, 2.75) is 50.6 Å². The Kier molecular flexibility index (Phi) is 5.16. The quantitative estimate of drug-likeness (QED) is 0.796. The third kappa shape index (κ3) is 3.79. The maximum absolute atomic E-state index is 13.4. The SMILES string of the molecule is CC(F)Oc1cc(-c2cc(N3C[C@@H]4C[C@H]3CO4)nc(C3CCOCC3)n2)cnc1N. The van der Waals surface area contributed by atoms with Gasteiger partial charge in [0.05, 0.1) is 24.4 Å². The molecule has 3 atom stereocenters. The van der Waals surface area contributed by atoms with Crippen LogP contribution in [-0.4, -0.2) is 59.8 Å². The maximum atomic E-state index is 13.4. The molecule has 5 rings (SSSR count). The number of rotatable bonds is 5. The summed E-state index contributed by atoms with van der Waals surface area (Å²) in [4.78, 5) is 16.3. The average molecular weight is 415 g/mol. The number of nitrogens with two attached hydrogens (primary N) is 1. The molecule has 0 amide bonds. The van der Waals surface area contributed by atoms with Crippen molar-refractivity contribution in [3.05, 3.63) is 24.2 Å². The van der Waals surface area contributed by atoms with Crippen LogP contribution in [0, 0.1) is 0 Å². The van der Waals surface area contributed by atoms with Gasteiger partial charge >= 0.3 is 0 Å². The Morgan fingerprint density at radius 2 is 2.10 bits per heavy atom. The van der Waals surface area contributed by atoms with Gasteiger partial charge in [0.1, 0.15) is 11.6 Å². The number of nitrogens with zero attached hydrogens (tertiary/aromatic N) is 4. The molecule has 5 heterocycles. The first-order valence-corrected chi connectivity index (χ1v) is 10.5. The molecule has 2 bridgehead atoms. The summed E-state index contributed by atoms with van der Waals surface area (Å²) in [6.45, 7) is 4.30. The zero-order valence-corrected chi connectivity index (χ0v) is 17.0. The van der Waals surface area contributed by atoms with Crippen LogP contribution >= 0.6 is 0 Å². The van der Waals surface area contributed by atoms with Crippen molar-refractivity contribution in [2.24, 2.45) is 0 Å². The van der Waals surface area contributed by atoms with E-state index in [9.17, 15) is 4.39 Å². The zero-order chi connectivity index (χ0) is 20.7. The number of halogens is 1. The lowest BCUT2D eigenvalue weighted by Crippen LogP contribution is -2.37. The monoisotopic (exact) mass is 415 g/mol. The molecule has 3 fully saturated rings. The molecular formula is C21H26FN5O3. The van der Waals surface area contributed by atoms with Crippen LogP contribution < -0.4 is 15.4 Å². The Balaban J connectivity index is 1.54. The highest BCUT2D eigenvalue weighted by molar-refractivity contribution is 5.67. The van der Waals surface area contributed by atoms with Gasteiger partial charge in [0.15, 0.2) is 11.6 Å². The Morgan fingerprint density at radius 1 is 1.27 bits per heavy atom. The Bertz CT molecular complexity index is 922. The average Bonchev–Trinajstić information content (AvgIpc) is 3.39. The highest BCUT2D eigenvalue weighted by atomic mass is 19.1. The van der Waals surface area contributed by atoms with E-state index in [4.69, 9.17) is 29.9 Å². The molecule has 30 heavy (non-hydrogen) atoms. The van der Waals surface area contributed by atoms with Gasteiger partial charge in [-0.2, -0.15) is 0 Å². The van der Waals surface area contributed by atoms with E-state index in [1.807, 2.05) is 6.07 Å². The Hall–Kier alpha value is -2.52. The molecule has 1 unspecified atom stereocenters. The van der Waals surface area contributed by atoms with Crippen LogP contribution in [0.3, 0.4) is 0 Å². The van der Waals surface area contributed by atoms with Crippen molar-refractivity contribution in [2.75, 3.05) is 37.0 Å². The van der Waals surface area contributed by atoms with Gasteiger partial charge in [-0.15, -0.1) is 0 Å². The van der Waals surface area contributed by atoms with Crippen LogP contribution in [0.5, 0.6) is 5.75 Å². The summed E-state index contributed by atoms with van der Waals surface area (Å²) < 4.78 is 29.9. The smallest absolute Gasteiger partial charge is 0.236 e. The van der Waals surface area contributed by atoms with E-state index in [-0.39, 0.29) is 23.6 Å². The summed E-state index contributed by atoms with van der Waals surface area (Å²) in [6.07, 6.45) is 3.25. The van der Waals surface area contributed by atoms with E-state index in [2.05, 4.69) is 9.88 Å². The van der Waals surface area contributed by atoms with Gasteiger partial charge in [-0.25, -0.2) is 19.3 Å². The summed E-state index contributed by atoms with van der Waals surface area (Å²) >= 11 is 0. The fraction of sp³-hybridized carbons (Fsp3) is 0.571. The lowest BCUT2D eigenvalue weighted by atomic mass is 9.99. The summed E-state index contributed by atoms with van der Waals surface area (Å²) in [6, 6.07) is 4.01. The number of aromatic nitrogens is 3. The van der Waals surface area contributed by atoms with Crippen LogP contribution in [0.25, 0.3) is 11.3 Å². The third-order valence-electron chi connectivity index (χ3n) is 5.98. The van der Waals surface area contributed by atoms with E-state index in [0.29, 0.717) is 19.3 Å². The number of anilines is 2. The topological polar surface area (TPSA) is 95.6 Å². The number of morpholine rings is 1. The number of hydrogen-bond donors (Lipinski definition) is 1. The molecule has 2 aromatic rings. The minimum Gasteiger partial charge on any atom is -0.457 e. The van der Waals surface area contributed by atoms with E-state index in [1.54, 1.807) is 12.3 Å². The molecule has 0 aliphatic carbocycles. The third-order valence-corrected chi connectivity index (χ3v) is 5.98. The highest BCUT2D eigenvalue weighted by Crippen LogP contribution is 2.36. The summed E-state index contributed by atoms with van der Waals surface area (Å²) in [5.74, 6) is 2.32. The number of ether oxygens (including phenoxy) is 3. The van der Waals surface area contributed by atoms with Crippen LogP contribution in [0.1, 0.15) is 37.9 Å². The van der Waals surface area contributed by atoms with E-state index >= 15 is 0 Å². The second kappa shape index (κ2) is 7.96. The lowest BCUT2D eigenvalue weighted by molar-refractivity contribution is 0.0835. The molecule has 9 heteroatoms. The van der Waals surface area contributed by atoms with Gasteiger partial charge < -0.3 is 24.8 Å². The predicted octanol–water partition coefficient (Wildman–Crippen LogP) is 2.69. The first kappa shape index (κ1) is 19.4.